The molecule has 0 aromatic heterocycles. The van der Waals surface area contributed by atoms with Crippen molar-refractivity contribution in [3.8, 4) is 5.75 Å². The summed E-state index contributed by atoms with van der Waals surface area (Å²) in [6.45, 7) is 7.21. The minimum absolute atomic E-state index is 0.0574. The number of para-hydroxylation sites is 1. The Morgan fingerprint density at radius 1 is 1.08 bits per heavy atom. The molecule has 0 aliphatic carbocycles. The van der Waals surface area contributed by atoms with Crippen LogP contribution in [0.2, 0.25) is 0 Å². The number of carbonyl (C=O) groups is 2. The van der Waals surface area contributed by atoms with Crippen LogP contribution in [0.4, 0.5) is 11.4 Å². The Morgan fingerprint density at radius 2 is 1.72 bits per heavy atom. The number of methoxy groups -OCH3 is 1. The molecule has 0 heterocycles. The number of nitrogens with one attached hydrogen (secondary N) is 1. The number of amides is 2. The molecular formula is C20H24N2O3. The van der Waals surface area contributed by atoms with Gasteiger partial charge >= 0.3 is 0 Å². The molecule has 5 nitrogen and oxygen atoms in total. The van der Waals surface area contributed by atoms with Gasteiger partial charge in [0, 0.05) is 6.92 Å². The Balaban J connectivity index is 2.25. The molecule has 0 fully saturated rings. The molecule has 0 aliphatic heterocycles. The van der Waals surface area contributed by atoms with Gasteiger partial charge in [0.2, 0.25) is 11.8 Å². The molecule has 25 heavy (non-hydrogen) atoms. The summed E-state index contributed by atoms with van der Waals surface area (Å²) in [6.07, 6.45) is 0. The van der Waals surface area contributed by atoms with Gasteiger partial charge in [-0.05, 0) is 49.6 Å². The quantitative estimate of drug-likeness (QED) is 0.904. The SMILES string of the molecule is COc1ccc(C)cc1NC(=O)CN(C(C)=O)c1c(C)cccc1C. The summed E-state index contributed by atoms with van der Waals surface area (Å²) >= 11 is 0. The zero-order valence-corrected chi connectivity index (χ0v) is 15.3. The van der Waals surface area contributed by atoms with E-state index in [9.17, 15) is 9.59 Å². The summed E-state index contributed by atoms with van der Waals surface area (Å²) in [5.74, 6) is 0.130. The standard InChI is InChI=1S/C20H24N2O3/c1-13-9-10-18(25-5)17(11-13)21-19(24)12-22(16(4)23)20-14(2)7-6-8-15(20)3/h6-11H,12H2,1-5H3,(H,21,24). The Morgan fingerprint density at radius 3 is 2.28 bits per heavy atom. The zero-order valence-electron chi connectivity index (χ0n) is 15.3. The molecule has 0 atom stereocenters. The lowest BCUT2D eigenvalue weighted by atomic mass is 10.1. The van der Waals surface area contributed by atoms with Crippen molar-refractivity contribution < 1.29 is 14.3 Å². The minimum Gasteiger partial charge on any atom is -0.495 e. The smallest absolute Gasteiger partial charge is 0.244 e. The molecule has 132 valence electrons. The third-order valence-corrected chi connectivity index (χ3v) is 4.02. The van der Waals surface area contributed by atoms with E-state index >= 15 is 0 Å². The van der Waals surface area contributed by atoms with Gasteiger partial charge in [-0.2, -0.15) is 0 Å². The fourth-order valence-electron chi connectivity index (χ4n) is 2.83. The van der Waals surface area contributed by atoms with Gasteiger partial charge in [-0.3, -0.25) is 9.59 Å². The summed E-state index contributed by atoms with van der Waals surface area (Å²) in [4.78, 5) is 26.2. The molecule has 5 heteroatoms. The van der Waals surface area contributed by atoms with Crippen LogP contribution < -0.4 is 15.0 Å². The summed E-state index contributed by atoms with van der Waals surface area (Å²) in [5, 5.41) is 2.84. The maximum atomic E-state index is 12.5. The van der Waals surface area contributed by atoms with Crippen LogP contribution in [0.25, 0.3) is 0 Å². The van der Waals surface area contributed by atoms with Crippen LogP contribution in [-0.2, 0) is 9.59 Å². The molecular weight excluding hydrogens is 316 g/mol. The fourth-order valence-corrected chi connectivity index (χ4v) is 2.83. The highest BCUT2D eigenvalue weighted by Crippen LogP contribution is 2.27. The van der Waals surface area contributed by atoms with E-state index in [0.717, 1.165) is 22.4 Å². The molecule has 0 bridgehead atoms. The molecule has 0 aliphatic rings. The number of carbonyl (C=O) groups excluding carboxylic acids is 2. The van der Waals surface area contributed by atoms with Crippen molar-refractivity contribution in [2.45, 2.75) is 27.7 Å². The van der Waals surface area contributed by atoms with Crippen molar-refractivity contribution in [1.29, 1.82) is 0 Å². The molecule has 2 rings (SSSR count). The predicted octanol–water partition coefficient (Wildman–Crippen LogP) is 3.61. The Kier molecular flexibility index (Phi) is 5.80. The molecule has 2 aromatic carbocycles. The highest BCUT2D eigenvalue weighted by atomic mass is 16.5. The summed E-state index contributed by atoms with van der Waals surface area (Å²) in [5.41, 5.74) is 4.29. The van der Waals surface area contributed by atoms with Gasteiger partial charge in [-0.25, -0.2) is 0 Å². The first-order valence-corrected chi connectivity index (χ1v) is 8.12. The van der Waals surface area contributed by atoms with Gasteiger partial charge in [0.15, 0.2) is 0 Å². The molecule has 0 spiro atoms. The van der Waals surface area contributed by atoms with Crippen LogP contribution in [-0.4, -0.2) is 25.5 Å². The second-order valence-electron chi connectivity index (χ2n) is 6.10. The van der Waals surface area contributed by atoms with Crippen LogP contribution in [0.1, 0.15) is 23.6 Å². The molecule has 2 aromatic rings. The number of anilines is 2. The first-order valence-electron chi connectivity index (χ1n) is 8.12. The van der Waals surface area contributed by atoms with Crippen molar-refractivity contribution in [3.05, 3.63) is 53.1 Å². The fraction of sp³-hybridized carbons (Fsp3) is 0.300. The second kappa shape index (κ2) is 7.83. The average molecular weight is 340 g/mol. The first kappa shape index (κ1) is 18.5. The van der Waals surface area contributed by atoms with Gasteiger partial charge in [0.1, 0.15) is 12.3 Å². The van der Waals surface area contributed by atoms with E-state index in [1.165, 1.54) is 11.8 Å². The topological polar surface area (TPSA) is 58.6 Å². The van der Waals surface area contributed by atoms with Gasteiger partial charge in [0.25, 0.3) is 0 Å². The average Bonchev–Trinajstić information content (AvgIpc) is 2.53. The number of hydrogen-bond donors (Lipinski definition) is 1. The van der Waals surface area contributed by atoms with Crippen LogP contribution in [0, 0.1) is 20.8 Å². The van der Waals surface area contributed by atoms with E-state index in [2.05, 4.69) is 5.32 Å². The zero-order chi connectivity index (χ0) is 18.6. The minimum atomic E-state index is -0.276. The lowest BCUT2D eigenvalue weighted by molar-refractivity contribution is -0.120. The lowest BCUT2D eigenvalue weighted by Gasteiger charge is -2.24. The molecule has 1 N–H and O–H groups in total. The predicted molar refractivity (Wildman–Crippen MR) is 100 cm³/mol. The number of nitrogens with zero attached hydrogens (tertiary/aromatic N) is 1. The monoisotopic (exact) mass is 340 g/mol. The van der Waals surface area contributed by atoms with Crippen molar-refractivity contribution in [2.75, 3.05) is 23.9 Å². The van der Waals surface area contributed by atoms with Crippen LogP contribution >= 0.6 is 0 Å². The largest absolute Gasteiger partial charge is 0.495 e. The maximum absolute atomic E-state index is 12.5. The Labute approximate surface area is 148 Å². The van der Waals surface area contributed by atoms with E-state index in [0.29, 0.717) is 11.4 Å². The van der Waals surface area contributed by atoms with E-state index in [1.54, 1.807) is 13.2 Å². The summed E-state index contributed by atoms with van der Waals surface area (Å²) in [6, 6.07) is 11.4. The number of aryl methyl sites for hydroxylation is 3. The third kappa shape index (κ3) is 4.38. The van der Waals surface area contributed by atoms with E-state index < -0.39 is 0 Å². The highest BCUT2D eigenvalue weighted by Gasteiger charge is 2.20. The number of hydrogen-bond acceptors (Lipinski definition) is 3. The Bertz CT molecular complexity index is 779. The van der Waals surface area contributed by atoms with Gasteiger partial charge in [0.05, 0.1) is 18.5 Å². The number of rotatable bonds is 5. The lowest BCUT2D eigenvalue weighted by Crippen LogP contribution is -2.37. The van der Waals surface area contributed by atoms with Gasteiger partial charge in [-0.1, -0.05) is 24.3 Å². The number of ether oxygens (including phenoxy) is 1. The van der Waals surface area contributed by atoms with Crippen LogP contribution in [0.3, 0.4) is 0 Å². The van der Waals surface area contributed by atoms with Crippen molar-refractivity contribution in [1.82, 2.24) is 0 Å². The van der Waals surface area contributed by atoms with Crippen molar-refractivity contribution in [2.24, 2.45) is 0 Å². The van der Waals surface area contributed by atoms with Crippen LogP contribution in [0.15, 0.2) is 36.4 Å². The molecule has 2 amide bonds. The molecule has 0 unspecified atom stereocenters. The van der Waals surface area contributed by atoms with Crippen molar-refractivity contribution in [3.63, 3.8) is 0 Å². The number of benzene rings is 2. The second-order valence-corrected chi connectivity index (χ2v) is 6.10. The maximum Gasteiger partial charge on any atom is 0.244 e. The normalized spacial score (nSPS) is 10.3. The van der Waals surface area contributed by atoms with Gasteiger partial charge < -0.3 is 15.0 Å². The first-order chi connectivity index (χ1) is 11.8. The van der Waals surface area contributed by atoms with Crippen LogP contribution in [0.5, 0.6) is 5.75 Å². The van der Waals surface area contributed by atoms with E-state index in [-0.39, 0.29) is 18.4 Å². The van der Waals surface area contributed by atoms with E-state index in [4.69, 9.17) is 4.74 Å². The molecule has 0 saturated carbocycles. The third-order valence-electron chi connectivity index (χ3n) is 4.02. The van der Waals surface area contributed by atoms with E-state index in [1.807, 2.05) is 51.1 Å². The van der Waals surface area contributed by atoms with Gasteiger partial charge in [-0.15, -0.1) is 0 Å². The summed E-state index contributed by atoms with van der Waals surface area (Å²) < 4.78 is 5.28. The highest BCUT2D eigenvalue weighted by molar-refractivity contribution is 6.03. The molecule has 0 radical (unpaired) electrons. The Hall–Kier alpha value is -2.82. The molecule has 0 saturated heterocycles. The van der Waals surface area contributed by atoms with Crippen molar-refractivity contribution >= 4 is 23.2 Å². The summed E-state index contributed by atoms with van der Waals surface area (Å²) in [7, 11) is 1.55.